The first-order valence-electron chi connectivity index (χ1n) is 6.72. The predicted molar refractivity (Wildman–Crippen MR) is 81.4 cm³/mol. The van der Waals surface area contributed by atoms with Gasteiger partial charge in [-0.3, -0.25) is 10.1 Å². The van der Waals surface area contributed by atoms with E-state index >= 15 is 0 Å². The summed E-state index contributed by atoms with van der Waals surface area (Å²) >= 11 is 1.56. The van der Waals surface area contributed by atoms with Crippen LogP contribution in [0.2, 0.25) is 0 Å². The molecule has 3 rings (SSSR count). The molecule has 5 heteroatoms. The van der Waals surface area contributed by atoms with Crippen molar-refractivity contribution in [1.29, 1.82) is 0 Å². The molecule has 0 radical (unpaired) electrons. The molecular weight excluding hydrogens is 270 g/mol. The zero-order chi connectivity index (χ0) is 14.1. The molecule has 2 aromatic rings. The second-order valence-corrected chi connectivity index (χ2v) is 6.12. The van der Waals surface area contributed by atoms with Crippen LogP contribution in [0.25, 0.3) is 0 Å². The number of hydrogen-bond acceptors (Lipinski definition) is 4. The van der Waals surface area contributed by atoms with Crippen molar-refractivity contribution < 1.29 is 4.79 Å². The lowest BCUT2D eigenvalue weighted by Gasteiger charge is -2.09. The SMILES string of the molecule is Cc1cccc(C)c1C(=O)Nc1nc2c(s1)CNCC2. The molecular formula is C15H17N3OS. The summed E-state index contributed by atoms with van der Waals surface area (Å²) in [6, 6.07) is 5.88. The van der Waals surface area contributed by atoms with E-state index in [2.05, 4.69) is 15.6 Å². The molecule has 2 N–H and O–H groups in total. The van der Waals surface area contributed by atoms with E-state index < -0.39 is 0 Å². The minimum atomic E-state index is -0.0698. The minimum Gasteiger partial charge on any atom is -0.311 e. The van der Waals surface area contributed by atoms with E-state index in [0.717, 1.165) is 41.9 Å². The largest absolute Gasteiger partial charge is 0.311 e. The Hall–Kier alpha value is -1.72. The van der Waals surface area contributed by atoms with Crippen molar-refractivity contribution in [1.82, 2.24) is 10.3 Å². The zero-order valence-electron chi connectivity index (χ0n) is 11.6. The van der Waals surface area contributed by atoms with E-state index in [1.165, 1.54) is 4.88 Å². The van der Waals surface area contributed by atoms with Crippen LogP contribution in [0.4, 0.5) is 5.13 Å². The van der Waals surface area contributed by atoms with Gasteiger partial charge in [-0.1, -0.05) is 18.2 Å². The van der Waals surface area contributed by atoms with E-state index in [9.17, 15) is 4.79 Å². The zero-order valence-corrected chi connectivity index (χ0v) is 12.4. The molecule has 0 saturated carbocycles. The van der Waals surface area contributed by atoms with Gasteiger partial charge in [0.1, 0.15) is 0 Å². The molecule has 0 aliphatic carbocycles. The number of carbonyl (C=O) groups is 1. The van der Waals surface area contributed by atoms with Crippen LogP contribution in [0, 0.1) is 13.8 Å². The summed E-state index contributed by atoms with van der Waals surface area (Å²) in [5, 5.41) is 6.95. The second kappa shape index (κ2) is 5.34. The van der Waals surface area contributed by atoms with Gasteiger partial charge in [-0.2, -0.15) is 0 Å². The Morgan fingerprint density at radius 2 is 2.10 bits per heavy atom. The van der Waals surface area contributed by atoms with Gasteiger partial charge in [0.05, 0.1) is 5.69 Å². The Balaban J connectivity index is 1.84. The Morgan fingerprint density at radius 3 is 2.80 bits per heavy atom. The molecule has 0 saturated heterocycles. The van der Waals surface area contributed by atoms with Crippen LogP contribution in [0.1, 0.15) is 32.1 Å². The third-order valence-electron chi connectivity index (χ3n) is 3.53. The first-order chi connectivity index (χ1) is 9.65. The molecule has 0 bridgehead atoms. The van der Waals surface area contributed by atoms with Crippen LogP contribution >= 0.6 is 11.3 Å². The number of anilines is 1. The van der Waals surface area contributed by atoms with Gasteiger partial charge in [-0.15, -0.1) is 11.3 Å². The van der Waals surface area contributed by atoms with Crippen molar-refractivity contribution in [3.8, 4) is 0 Å². The van der Waals surface area contributed by atoms with Crippen LogP contribution in [-0.4, -0.2) is 17.4 Å². The van der Waals surface area contributed by atoms with Crippen LogP contribution in [0.3, 0.4) is 0 Å². The van der Waals surface area contributed by atoms with Crippen molar-refractivity contribution in [3.05, 3.63) is 45.5 Å². The lowest BCUT2D eigenvalue weighted by molar-refractivity contribution is 0.102. The van der Waals surface area contributed by atoms with Crippen LogP contribution in [0.5, 0.6) is 0 Å². The lowest BCUT2D eigenvalue weighted by atomic mass is 10.0. The summed E-state index contributed by atoms with van der Waals surface area (Å²) in [4.78, 5) is 18.2. The number of nitrogens with one attached hydrogen (secondary N) is 2. The highest BCUT2D eigenvalue weighted by atomic mass is 32.1. The summed E-state index contributed by atoms with van der Waals surface area (Å²) in [6.07, 6.45) is 0.936. The maximum Gasteiger partial charge on any atom is 0.257 e. The molecule has 1 aromatic carbocycles. The molecule has 2 heterocycles. The molecule has 104 valence electrons. The fraction of sp³-hybridized carbons (Fsp3) is 0.333. The Bertz CT molecular complexity index is 619. The van der Waals surface area contributed by atoms with Gasteiger partial charge in [-0.05, 0) is 25.0 Å². The van der Waals surface area contributed by atoms with Gasteiger partial charge in [0.25, 0.3) is 5.91 Å². The average Bonchev–Trinajstić information content (AvgIpc) is 2.80. The molecule has 0 unspecified atom stereocenters. The van der Waals surface area contributed by atoms with Crippen LogP contribution < -0.4 is 10.6 Å². The number of fused-ring (bicyclic) bond motifs is 1. The number of nitrogens with zero attached hydrogens (tertiary/aromatic N) is 1. The highest BCUT2D eigenvalue weighted by Gasteiger charge is 2.18. The molecule has 0 atom stereocenters. The van der Waals surface area contributed by atoms with Gasteiger partial charge in [0, 0.05) is 30.0 Å². The number of rotatable bonds is 2. The maximum absolute atomic E-state index is 12.4. The molecule has 1 aliphatic rings. The van der Waals surface area contributed by atoms with E-state index in [1.54, 1.807) is 11.3 Å². The fourth-order valence-corrected chi connectivity index (χ4v) is 3.48. The van der Waals surface area contributed by atoms with Gasteiger partial charge in [-0.25, -0.2) is 4.98 Å². The van der Waals surface area contributed by atoms with Crippen molar-refractivity contribution in [3.63, 3.8) is 0 Å². The van der Waals surface area contributed by atoms with Crippen LogP contribution in [-0.2, 0) is 13.0 Å². The minimum absolute atomic E-state index is 0.0698. The van der Waals surface area contributed by atoms with E-state index in [-0.39, 0.29) is 5.91 Å². The molecule has 4 nitrogen and oxygen atoms in total. The van der Waals surface area contributed by atoms with Gasteiger partial charge in [0.15, 0.2) is 5.13 Å². The molecule has 1 aliphatic heterocycles. The maximum atomic E-state index is 12.4. The standard InChI is InChI=1S/C15H17N3OS/c1-9-4-3-5-10(2)13(9)14(19)18-15-17-11-6-7-16-8-12(11)20-15/h3-5,16H,6-8H2,1-2H3,(H,17,18,19). The number of hydrogen-bond donors (Lipinski definition) is 2. The monoisotopic (exact) mass is 287 g/mol. The van der Waals surface area contributed by atoms with Crippen molar-refractivity contribution in [2.24, 2.45) is 0 Å². The van der Waals surface area contributed by atoms with Crippen molar-refractivity contribution >= 4 is 22.4 Å². The first-order valence-corrected chi connectivity index (χ1v) is 7.53. The van der Waals surface area contributed by atoms with Crippen LogP contribution in [0.15, 0.2) is 18.2 Å². The Labute approximate surface area is 122 Å². The van der Waals surface area contributed by atoms with Gasteiger partial charge in [0.2, 0.25) is 0 Å². The summed E-state index contributed by atoms with van der Waals surface area (Å²) in [5.41, 5.74) is 3.85. The average molecular weight is 287 g/mol. The third kappa shape index (κ3) is 2.46. The summed E-state index contributed by atoms with van der Waals surface area (Å²) in [5.74, 6) is -0.0698. The number of aryl methyl sites for hydroxylation is 2. The molecule has 1 amide bonds. The normalized spacial score (nSPS) is 13.9. The molecule has 1 aromatic heterocycles. The van der Waals surface area contributed by atoms with Crippen molar-refractivity contribution in [2.45, 2.75) is 26.8 Å². The van der Waals surface area contributed by atoms with E-state index in [0.29, 0.717) is 5.13 Å². The quantitative estimate of drug-likeness (QED) is 0.893. The van der Waals surface area contributed by atoms with Crippen molar-refractivity contribution in [2.75, 3.05) is 11.9 Å². The summed E-state index contributed by atoms with van der Waals surface area (Å²) in [6.45, 7) is 5.73. The number of benzene rings is 1. The highest BCUT2D eigenvalue weighted by molar-refractivity contribution is 7.15. The van der Waals surface area contributed by atoms with E-state index in [1.807, 2.05) is 32.0 Å². The Morgan fingerprint density at radius 1 is 1.35 bits per heavy atom. The summed E-state index contributed by atoms with van der Waals surface area (Å²) < 4.78 is 0. The fourth-order valence-electron chi connectivity index (χ4n) is 2.51. The van der Waals surface area contributed by atoms with Gasteiger partial charge < -0.3 is 5.32 Å². The summed E-state index contributed by atoms with van der Waals surface area (Å²) in [7, 11) is 0. The van der Waals surface area contributed by atoms with E-state index in [4.69, 9.17) is 0 Å². The smallest absolute Gasteiger partial charge is 0.257 e. The molecule has 0 fully saturated rings. The topological polar surface area (TPSA) is 54.0 Å². The lowest BCUT2D eigenvalue weighted by Crippen LogP contribution is -2.22. The third-order valence-corrected chi connectivity index (χ3v) is 4.54. The predicted octanol–water partition coefficient (Wildman–Crippen LogP) is 2.66. The van der Waals surface area contributed by atoms with Gasteiger partial charge >= 0.3 is 0 Å². The number of amides is 1. The molecule has 0 spiro atoms. The second-order valence-electron chi connectivity index (χ2n) is 5.04. The number of carbonyl (C=O) groups excluding carboxylic acids is 1. The number of thiazole rings is 1. The first kappa shape index (κ1) is 13.3. The molecule has 20 heavy (non-hydrogen) atoms. The Kier molecular flexibility index (Phi) is 3.54. The highest BCUT2D eigenvalue weighted by Crippen LogP contribution is 2.26. The number of aromatic nitrogens is 1.